The van der Waals surface area contributed by atoms with Crippen molar-refractivity contribution in [3.05, 3.63) is 89.5 Å². The molecule has 29 heavy (non-hydrogen) atoms. The molecule has 3 aromatic rings. The van der Waals surface area contributed by atoms with Crippen molar-refractivity contribution in [1.29, 1.82) is 0 Å². The summed E-state index contributed by atoms with van der Waals surface area (Å²) in [4.78, 5) is 13.1. The molecule has 2 aliphatic heterocycles. The fraction of sp³-hybridized carbons (Fsp3) is 0.208. The fourth-order valence-corrected chi connectivity index (χ4v) is 3.49. The van der Waals surface area contributed by atoms with Gasteiger partial charge in [0, 0.05) is 0 Å². The number of hydrogen-bond donors (Lipinski definition) is 0. The zero-order chi connectivity index (χ0) is 19.6. The lowest BCUT2D eigenvalue weighted by atomic mass is 10.0. The van der Waals surface area contributed by atoms with Gasteiger partial charge in [0.25, 0.3) is 0 Å². The minimum atomic E-state index is -0.515. The zero-order valence-corrected chi connectivity index (χ0v) is 15.7. The minimum Gasteiger partial charge on any atom is -0.488 e. The van der Waals surface area contributed by atoms with E-state index < -0.39 is 6.10 Å². The predicted molar refractivity (Wildman–Crippen MR) is 107 cm³/mol. The molecule has 1 saturated heterocycles. The summed E-state index contributed by atoms with van der Waals surface area (Å²) >= 11 is 0. The van der Waals surface area contributed by atoms with Crippen LogP contribution < -0.4 is 14.2 Å². The van der Waals surface area contributed by atoms with E-state index in [1.165, 1.54) is 0 Å². The Balaban J connectivity index is 1.30. The number of carbonyl (C=O) groups excluding carboxylic acids is 1. The maximum atomic E-state index is 13.1. The van der Waals surface area contributed by atoms with E-state index in [1.807, 2.05) is 66.7 Å². The Morgan fingerprint density at radius 1 is 0.897 bits per heavy atom. The molecule has 2 aliphatic rings. The molecular weight excluding hydrogens is 368 g/mol. The fourth-order valence-electron chi connectivity index (χ4n) is 3.49. The Morgan fingerprint density at radius 2 is 1.66 bits per heavy atom. The predicted octanol–water partition coefficient (Wildman–Crippen LogP) is 4.36. The van der Waals surface area contributed by atoms with Gasteiger partial charge in [-0.3, -0.25) is 4.79 Å². The highest BCUT2D eigenvalue weighted by atomic mass is 16.6. The summed E-state index contributed by atoms with van der Waals surface area (Å²) in [6, 6.07) is 22.9. The van der Waals surface area contributed by atoms with Crippen LogP contribution in [0, 0.1) is 0 Å². The average Bonchev–Trinajstić information content (AvgIpc) is 3.59. The molecule has 0 unspecified atom stereocenters. The molecule has 146 valence electrons. The monoisotopic (exact) mass is 388 g/mol. The van der Waals surface area contributed by atoms with Gasteiger partial charge >= 0.3 is 0 Å². The van der Waals surface area contributed by atoms with Crippen LogP contribution in [-0.2, 0) is 11.3 Å². The molecule has 0 aromatic heterocycles. The molecule has 0 amide bonds. The van der Waals surface area contributed by atoms with Gasteiger partial charge in [0.1, 0.15) is 31.7 Å². The van der Waals surface area contributed by atoms with Gasteiger partial charge < -0.3 is 18.9 Å². The SMILES string of the molecule is O=C(c1ccccc1OCc1ccccc1)[C@H]1O[C@@H]1c1ccc2c(c1)OCCO2. The van der Waals surface area contributed by atoms with E-state index in [1.54, 1.807) is 6.07 Å². The Bertz CT molecular complexity index is 1030. The molecule has 0 aliphatic carbocycles. The molecule has 0 saturated carbocycles. The normalized spacial score (nSPS) is 19.4. The van der Waals surface area contributed by atoms with Crippen LogP contribution in [0.1, 0.15) is 27.6 Å². The molecule has 1 fully saturated rings. The van der Waals surface area contributed by atoms with E-state index in [0.29, 0.717) is 36.9 Å². The molecule has 0 bridgehead atoms. The van der Waals surface area contributed by atoms with Crippen molar-refractivity contribution in [2.45, 2.75) is 18.8 Å². The van der Waals surface area contributed by atoms with Crippen molar-refractivity contribution in [2.75, 3.05) is 13.2 Å². The lowest BCUT2D eigenvalue weighted by molar-refractivity contribution is 0.0949. The first-order valence-corrected chi connectivity index (χ1v) is 9.64. The Kier molecular flexibility index (Phi) is 4.66. The highest BCUT2D eigenvalue weighted by Gasteiger charge is 2.47. The maximum Gasteiger partial charge on any atom is 0.198 e. The number of rotatable bonds is 6. The van der Waals surface area contributed by atoms with Crippen LogP contribution in [0.25, 0.3) is 0 Å². The van der Waals surface area contributed by atoms with Crippen LogP contribution in [0.15, 0.2) is 72.8 Å². The third-order valence-corrected chi connectivity index (χ3v) is 5.03. The average molecular weight is 388 g/mol. The number of Topliss-reactive ketones (excluding diaryl/α,β-unsaturated/α-hetero) is 1. The summed E-state index contributed by atoms with van der Waals surface area (Å²) in [6.45, 7) is 1.48. The van der Waals surface area contributed by atoms with Crippen LogP contribution in [0.3, 0.4) is 0 Å². The smallest absolute Gasteiger partial charge is 0.198 e. The number of fused-ring (bicyclic) bond motifs is 1. The summed E-state index contributed by atoms with van der Waals surface area (Å²) in [6.07, 6.45) is -0.792. The van der Waals surface area contributed by atoms with E-state index in [0.717, 1.165) is 16.9 Å². The Hall–Kier alpha value is -3.31. The van der Waals surface area contributed by atoms with Crippen LogP contribution in [0.2, 0.25) is 0 Å². The second kappa shape index (κ2) is 7.60. The summed E-state index contributed by atoms with van der Waals surface area (Å²) in [5.41, 5.74) is 2.50. The molecule has 3 aromatic carbocycles. The summed E-state index contributed by atoms with van der Waals surface area (Å²) in [5, 5.41) is 0. The van der Waals surface area contributed by atoms with Crippen molar-refractivity contribution in [1.82, 2.24) is 0 Å². The van der Waals surface area contributed by atoms with Gasteiger partial charge in [-0.15, -0.1) is 0 Å². The quantitative estimate of drug-likeness (QED) is 0.464. The largest absolute Gasteiger partial charge is 0.488 e. The van der Waals surface area contributed by atoms with Crippen molar-refractivity contribution in [3.8, 4) is 17.2 Å². The van der Waals surface area contributed by atoms with Crippen LogP contribution in [0.5, 0.6) is 17.2 Å². The van der Waals surface area contributed by atoms with Crippen LogP contribution in [0.4, 0.5) is 0 Å². The molecule has 0 N–H and O–H groups in total. The summed E-state index contributed by atoms with van der Waals surface area (Å²) in [5.74, 6) is 1.91. The first kappa shape index (κ1) is 17.8. The molecule has 5 heteroatoms. The van der Waals surface area contributed by atoms with Crippen LogP contribution >= 0.6 is 0 Å². The van der Waals surface area contributed by atoms with Crippen molar-refractivity contribution in [2.24, 2.45) is 0 Å². The van der Waals surface area contributed by atoms with E-state index in [4.69, 9.17) is 18.9 Å². The second-order valence-electron chi connectivity index (χ2n) is 7.02. The maximum absolute atomic E-state index is 13.1. The number of benzene rings is 3. The molecule has 2 atom stereocenters. The zero-order valence-electron chi connectivity index (χ0n) is 15.7. The molecule has 0 radical (unpaired) electrons. The van der Waals surface area contributed by atoms with Gasteiger partial charge in [-0.05, 0) is 35.4 Å². The number of hydrogen-bond acceptors (Lipinski definition) is 5. The van der Waals surface area contributed by atoms with E-state index >= 15 is 0 Å². The highest BCUT2D eigenvalue weighted by molar-refractivity contribution is 6.03. The lowest BCUT2D eigenvalue weighted by Gasteiger charge is -2.18. The van der Waals surface area contributed by atoms with Gasteiger partial charge in [0.05, 0.1) is 5.56 Å². The van der Waals surface area contributed by atoms with Crippen molar-refractivity contribution < 1.29 is 23.7 Å². The summed E-state index contributed by atoms with van der Waals surface area (Å²) in [7, 11) is 0. The molecule has 2 heterocycles. The lowest BCUT2D eigenvalue weighted by Crippen LogP contribution is -2.15. The Morgan fingerprint density at radius 3 is 2.52 bits per heavy atom. The van der Waals surface area contributed by atoms with Gasteiger partial charge in [-0.1, -0.05) is 48.5 Å². The first-order valence-electron chi connectivity index (χ1n) is 9.64. The number of carbonyl (C=O) groups is 1. The van der Waals surface area contributed by atoms with Gasteiger partial charge in [-0.2, -0.15) is 0 Å². The molecule has 5 rings (SSSR count). The summed E-state index contributed by atoms with van der Waals surface area (Å²) < 4.78 is 22.8. The van der Waals surface area contributed by atoms with Crippen molar-refractivity contribution in [3.63, 3.8) is 0 Å². The second-order valence-corrected chi connectivity index (χ2v) is 7.02. The molecule has 5 nitrogen and oxygen atoms in total. The number of ketones is 1. The highest BCUT2D eigenvalue weighted by Crippen LogP contribution is 2.44. The van der Waals surface area contributed by atoms with Gasteiger partial charge in [0.15, 0.2) is 23.4 Å². The topological polar surface area (TPSA) is 57.3 Å². The number of para-hydroxylation sites is 1. The standard InChI is InChI=1S/C24H20O5/c25-22(18-8-4-5-9-19(18)28-15-16-6-2-1-3-7-16)24-23(29-24)17-10-11-20-21(14-17)27-13-12-26-20/h1-11,14,23-24H,12-13,15H2/t23-,24-/m1/s1. The molecule has 0 spiro atoms. The number of ether oxygens (including phenoxy) is 4. The van der Waals surface area contributed by atoms with E-state index in [2.05, 4.69) is 0 Å². The first-order chi connectivity index (χ1) is 14.3. The Labute approximate surface area is 168 Å². The van der Waals surface area contributed by atoms with E-state index in [-0.39, 0.29) is 11.9 Å². The van der Waals surface area contributed by atoms with E-state index in [9.17, 15) is 4.79 Å². The van der Waals surface area contributed by atoms with Crippen LogP contribution in [-0.4, -0.2) is 25.1 Å². The third-order valence-electron chi connectivity index (χ3n) is 5.03. The van der Waals surface area contributed by atoms with Gasteiger partial charge in [-0.25, -0.2) is 0 Å². The molecular formula is C24H20O5. The number of epoxide rings is 1. The van der Waals surface area contributed by atoms with Gasteiger partial charge in [0.2, 0.25) is 0 Å². The minimum absolute atomic E-state index is 0.0754. The van der Waals surface area contributed by atoms with Crippen molar-refractivity contribution >= 4 is 5.78 Å². The third kappa shape index (κ3) is 3.69.